The van der Waals surface area contributed by atoms with Crippen LogP contribution in [0.1, 0.15) is 17.0 Å². The molecule has 1 aliphatic heterocycles. The van der Waals surface area contributed by atoms with Gasteiger partial charge in [0.25, 0.3) is 0 Å². The number of halogens is 1. The minimum absolute atomic E-state index is 0. The van der Waals surface area contributed by atoms with Gasteiger partial charge in [0.1, 0.15) is 0 Å². The third-order valence-corrected chi connectivity index (χ3v) is 2.40. The van der Waals surface area contributed by atoms with Crippen LogP contribution in [0.2, 0.25) is 0 Å². The van der Waals surface area contributed by atoms with E-state index in [0.29, 0.717) is 0 Å². The van der Waals surface area contributed by atoms with Gasteiger partial charge >= 0.3 is 0 Å². The Morgan fingerprint density at radius 2 is 2.29 bits per heavy atom. The van der Waals surface area contributed by atoms with Gasteiger partial charge in [-0.05, 0) is 6.92 Å². The molecule has 5 heteroatoms. The van der Waals surface area contributed by atoms with E-state index < -0.39 is 0 Å². The SMILES string of the molecule is Cc1cc2ncc3c(n2n1)CNC3.Cl. The summed E-state index contributed by atoms with van der Waals surface area (Å²) in [6, 6.07) is 2.00. The van der Waals surface area contributed by atoms with Crippen LogP contribution in [0.3, 0.4) is 0 Å². The largest absolute Gasteiger partial charge is 0.307 e. The number of hydrogen-bond donors (Lipinski definition) is 1. The molecular formula is C9H11ClN4. The van der Waals surface area contributed by atoms with Crippen LogP contribution in [-0.4, -0.2) is 14.6 Å². The number of rotatable bonds is 0. The van der Waals surface area contributed by atoms with Crippen molar-refractivity contribution in [1.29, 1.82) is 0 Å². The molecule has 1 N–H and O–H groups in total. The highest BCUT2D eigenvalue weighted by Crippen LogP contribution is 2.15. The van der Waals surface area contributed by atoms with Gasteiger partial charge in [-0.2, -0.15) is 5.10 Å². The van der Waals surface area contributed by atoms with Crippen molar-refractivity contribution in [2.45, 2.75) is 20.0 Å². The topological polar surface area (TPSA) is 42.2 Å². The number of hydrogen-bond acceptors (Lipinski definition) is 3. The zero-order valence-corrected chi connectivity index (χ0v) is 8.64. The second-order valence-electron chi connectivity index (χ2n) is 3.39. The molecule has 0 fully saturated rings. The van der Waals surface area contributed by atoms with Crippen LogP contribution in [0.5, 0.6) is 0 Å². The summed E-state index contributed by atoms with van der Waals surface area (Å²) in [6.45, 7) is 3.80. The van der Waals surface area contributed by atoms with Crippen molar-refractivity contribution in [3.63, 3.8) is 0 Å². The molecule has 74 valence electrons. The smallest absolute Gasteiger partial charge is 0.155 e. The Morgan fingerprint density at radius 1 is 1.43 bits per heavy atom. The lowest BCUT2D eigenvalue weighted by Gasteiger charge is -1.99. The number of nitrogens with zero attached hydrogens (tertiary/aromatic N) is 3. The van der Waals surface area contributed by atoms with E-state index in [1.54, 1.807) is 0 Å². The standard InChI is InChI=1S/C9H10N4.ClH/c1-6-2-9-11-4-7-3-10-5-8(7)13(9)12-6;/h2,4,10H,3,5H2,1H3;1H. The van der Waals surface area contributed by atoms with Gasteiger partial charge in [-0.3, -0.25) is 0 Å². The number of nitrogens with one attached hydrogen (secondary N) is 1. The molecule has 14 heavy (non-hydrogen) atoms. The lowest BCUT2D eigenvalue weighted by Crippen LogP contribution is -2.03. The van der Waals surface area contributed by atoms with E-state index in [-0.39, 0.29) is 12.4 Å². The summed E-state index contributed by atoms with van der Waals surface area (Å²) in [5.41, 5.74) is 4.47. The van der Waals surface area contributed by atoms with Crippen molar-refractivity contribution in [2.75, 3.05) is 0 Å². The van der Waals surface area contributed by atoms with Crippen LogP contribution in [0.15, 0.2) is 12.3 Å². The summed E-state index contributed by atoms with van der Waals surface area (Å²) in [5.74, 6) is 0. The first kappa shape index (κ1) is 9.43. The molecular weight excluding hydrogens is 200 g/mol. The van der Waals surface area contributed by atoms with Gasteiger partial charge in [-0.25, -0.2) is 9.50 Å². The Hall–Kier alpha value is -1.13. The zero-order valence-electron chi connectivity index (χ0n) is 7.82. The summed E-state index contributed by atoms with van der Waals surface area (Å²) < 4.78 is 1.94. The van der Waals surface area contributed by atoms with Crippen LogP contribution in [-0.2, 0) is 13.1 Å². The van der Waals surface area contributed by atoms with E-state index in [2.05, 4.69) is 15.4 Å². The molecule has 0 bridgehead atoms. The molecule has 0 unspecified atom stereocenters. The number of aryl methyl sites for hydroxylation is 1. The van der Waals surface area contributed by atoms with Crippen molar-refractivity contribution in [3.8, 4) is 0 Å². The van der Waals surface area contributed by atoms with Gasteiger partial charge in [0.15, 0.2) is 5.65 Å². The highest BCUT2D eigenvalue weighted by atomic mass is 35.5. The number of fused-ring (bicyclic) bond motifs is 3. The summed E-state index contributed by atoms with van der Waals surface area (Å²) >= 11 is 0. The van der Waals surface area contributed by atoms with E-state index in [4.69, 9.17) is 0 Å². The molecule has 0 saturated carbocycles. The Kier molecular flexibility index (Phi) is 2.17. The lowest BCUT2D eigenvalue weighted by atomic mass is 10.3. The van der Waals surface area contributed by atoms with Crippen LogP contribution in [0.4, 0.5) is 0 Å². The quantitative estimate of drug-likeness (QED) is 0.707. The molecule has 3 rings (SSSR count). The summed E-state index contributed by atoms with van der Waals surface area (Å²) in [7, 11) is 0. The normalized spacial score (nSPS) is 14.1. The fourth-order valence-electron chi connectivity index (χ4n) is 1.78. The van der Waals surface area contributed by atoms with Crippen molar-refractivity contribution < 1.29 is 0 Å². The molecule has 0 saturated heterocycles. The Bertz CT molecular complexity index is 477. The predicted octanol–water partition coefficient (Wildman–Crippen LogP) is 1.06. The molecule has 4 nitrogen and oxygen atoms in total. The molecule has 0 aliphatic carbocycles. The highest BCUT2D eigenvalue weighted by Gasteiger charge is 2.14. The first-order valence-corrected chi connectivity index (χ1v) is 4.38. The van der Waals surface area contributed by atoms with Gasteiger partial charge in [0.05, 0.1) is 11.4 Å². The van der Waals surface area contributed by atoms with Crippen molar-refractivity contribution >= 4 is 18.1 Å². The van der Waals surface area contributed by atoms with E-state index in [1.165, 1.54) is 11.3 Å². The van der Waals surface area contributed by atoms with Crippen molar-refractivity contribution in [3.05, 3.63) is 29.2 Å². The third kappa shape index (κ3) is 1.19. The average molecular weight is 211 g/mol. The van der Waals surface area contributed by atoms with Crippen LogP contribution in [0, 0.1) is 6.92 Å². The third-order valence-electron chi connectivity index (χ3n) is 2.40. The van der Waals surface area contributed by atoms with Gasteiger partial charge in [0, 0.05) is 30.9 Å². The maximum atomic E-state index is 4.40. The molecule has 1 aliphatic rings. The van der Waals surface area contributed by atoms with Crippen LogP contribution >= 0.6 is 12.4 Å². The summed E-state index contributed by atoms with van der Waals surface area (Å²) in [6.07, 6.45) is 1.94. The van der Waals surface area contributed by atoms with Crippen LogP contribution < -0.4 is 5.32 Å². The fourth-order valence-corrected chi connectivity index (χ4v) is 1.78. The Labute approximate surface area is 87.7 Å². The molecule has 0 aromatic carbocycles. The molecule has 0 spiro atoms. The van der Waals surface area contributed by atoms with Gasteiger partial charge in [0.2, 0.25) is 0 Å². The maximum absolute atomic E-state index is 4.40. The highest BCUT2D eigenvalue weighted by molar-refractivity contribution is 5.85. The van der Waals surface area contributed by atoms with Gasteiger partial charge < -0.3 is 5.32 Å². The van der Waals surface area contributed by atoms with Crippen LogP contribution in [0.25, 0.3) is 5.65 Å². The first-order valence-electron chi connectivity index (χ1n) is 4.38. The Morgan fingerprint density at radius 3 is 3.14 bits per heavy atom. The second kappa shape index (κ2) is 3.22. The molecule has 0 atom stereocenters. The Balaban J connectivity index is 0.000000750. The first-order chi connectivity index (χ1) is 6.34. The molecule has 2 aromatic heterocycles. The van der Waals surface area contributed by atoms with E-state index >= 15 is 0 Å². The lowest BCUT2D eigenvalue weighted by molar-refractivity contribution is 0.739. The zero-order chi connectivity index (χ0) is 8.84. The van der Waals surface area contributed by atoms with E-state index in [1.807, 2.05) is 23.7 Å². The van der Waals surface area contributed by atoms with Crippen molar-refractivity contribution in [2.24, 2.45) is 0 Å². The van der Waals surface area contributed by atoms with Gasteiger partial charge in [-0.15, -0.1) is 12.4 Å². The maximum Gasteiger partial charge on any atom is 0.155 e. The van der Waals surface area contributed by atoms with Gasteiger partial charge in [-0.1, -0.05) is 0 Å². The molecule has 3 heterocycles. The summed E-state index contributed by atoms with van der Waals surface area (Å²) in [5, 5.41) is 7.69. The second-order valence-corrected chi connectivity index (χ2v) is 3.39. The molecule has 0 amide bonds. The fraction of sp³-hybridized carbons (Fsp3) is 0.333. The minimum atomic E-state index is 0. The monoisotopic (exact) mass is 210 g/mol. The molecule has 0 radical (unpaired) electrons. The average Bonchev–Trinajstić information content (AvgIpc) is 2.65. The minimum Gasteiger partial charge on any atom is -0.307 e. The number of aromatic nitrogens is 3. The predicted molar refractivity (Wildman–Crippen MR) is 55.5 cm³/mol. The van der Waals surface area contributed by atoms with Crippen molar-refractivity contribution in [1.82, 2.24) is 19.9 Å². The molecule has 2 aromatic rings. The summed E-state index contributed by atoms with van der Waals surface area (Å²) in [4.78, 5) is 4.33. The van der Waals surface area contributed by atoms with E-state index in [0.717, 1.165) is 24.4 Å². The van der Waals surface area contributed by atoms with E-state index in [9.17, 15) is 0 Å².